The van der Waals surface area contributed by atoms with Crippen molar-refractivity contribution in [2.75, 3.05) is 13.1 Å². The van der Waals surface area contributed by atoms with Gasteiger partial charge in [-0.05, 0) is 43.6 Å². The zero-order valence-electron chi connectivity index (χ0n) is 12.7. The molecule has 0 bridgehead atoms. The van der Waals surface area contributed by atoms with Crippen molar-refractivity contribution in [3.63, 3.8) is 0 Å². The standard InChI is InChI=1S/C18H26N2/c1-13-10-16(13)20-12-18(2,15-8-9-15)19-11-17(20)14-6-4-3-5-7-14/h3-7,13,15-17,19H,8-12H2,1-2H3. The Balaban J connectivity index is 1.59. The number of benzene rings is 1. The van der Waals surface area contributed by atoms with Crippen LogP contribution in [0.5, 0.6) is 0 Å². The Hall–Kier alpha value is -0.860. The van der Waals surface area contributed by atoms with Crippen LogP contribution in [0.4, 0.5) is 0 Å². The molecule has 2 nitrogen and oxygen atoms in total. The summed E-state index contributed by atoms with van der Waals surface area (Å²) in [7, 11) is 0. The van der Waals surface area contributed by atoms with Crippen molar-refractivity contribution >= 4 is 0 Å². The van der Waals surface area contributed by atoms with Gasteiger partial charge in [-0.3, -0.25) is 4.90 Å². The lowest BCUT2D eigenvalue weighted by Gasteiger charge is -2.47. The van der Waals surface area contributed by atoms with Gasteiger partial charge in [0, 0.05) is 30.7 Å². The highest BCUT2D eigenvalue weighted by molar-refractivity contribution is 5.22. The summed E-state index contributed by atoms with van der Waals surface area (Å²) in [6.45, 7) is 7.20. The second kappa shape index (κ2) is 4.57. The van der Waals surface area contributed by atoms with Crippen LogP contribution in [0.3, 0.4) is 0 Å². The monoisotopic (exact) mass is 270 g/mol. The van der Waals surface area contributed by atoms with E-state index >= 15 is 0 Å². The average molecular weight is 270 g/mol. The van der Waals surface area contributed by atoms with Crippen LogP contribution in [-0.2, 0) is 0 Å². The van der Waals surface area contributed by atoms with E-state index in [0.29, 0.717) is 11.6 Å². The second-order valence-electron chi connectivity index (χ2n) is 7.45. The van der Waals surface area contributed by atoms with Gasteiger partial charge in [-0.15, -0.1) is 0 Å². The number of piperazine rings is 1. The predicted octanol–water partition coefficient (Wildman–Crippen LogP) is 3.21. The predicted molar refractivity (Wildman–Crippen MR) is 82.6 cm³/mol. The summed E-state index contributed by atoms with van der Waals surface area (Å²) >= 11 is 0. The summed E-state index contributed by atoms with van der Waals surface area (Å²) in [6, 6.07) is 12.5. The van der Waals surface area contributed by atoms with Crippen molar-refractivity contribution in [2.45, 2.75) is 50.7 Å². The smallest absolute Gasteiger partial charge is 0.0476 e. The highest BCUT2D eigenvalue weighted by atomic mass is 15.3. The van der Waals surface area contributed by atoms with Gasteiger partial charge in [0.05, 0.1) is 0 Å². The Morgan fingerprint density at radius 1 is 1.20 bits per heavy atom. The molecule has 2 heteroatoms. The van der Waals surface area contributed by atoms with E-state index in [9.17, 15) is 0 Å². The third-order valence-corrected chi connectivity index (χ3v) is 5.77. The van der Waals surface area contributed by atoms with E-state index in [1.165, 1.54) is 31.4 Å². The van der Waals surface area contributed by atoms with E-state index in [1.54, 1.807) is 0 Å². The maximum Gasteiger partial charge on any atom is 0.0476 e. The number of nitrogens with zero attached hydrogens (tertiary/aromatic N) is 1. The molecule has 1 aromatic carbocycles. The van der Waals surface area contributed by atoms with Gasteiger partial charge in [0.15, 0.2) is 0 Å². The quantitative estimate of drug-likeness (QED) is 0.907. The molecule has 1 N–H and O–H groups in total. The molecule has 3 aliphatic rings. The molecule has 1 heterocycles. The molecular weight excluding hydrogens is 244 g/mol. The first-order chi connectivity index (χ1) is 9.67. The molecular formula is C18H26N2. The van der Waals surface area contributed by atoms with E-state index < -0.39 is 0 Å². The maximum absolute atomic E-state index is 3.89. The van der Waals surface area contributed by atoms with Crippen LogP contribution in [-0.4, -0.2) is 29.6 Å². The van der Waals surface area contributed by atoms with Gasteiger partial charge < -0.3 is 5.32 Å². The second-order valence-corrected chi connectivity index (χ2v) is 7.45. The summed E-state index contributed by atoms with van der Waals surface area (Å²) in [4.78, 5) is 2.81. The minimum atomic E-state index is 0.355. The molecule has 4 atom stereocenters. The molecule has 2 aliphatic carbocycles. The fourth-order valence-electron chi connectivity index (χ4n) is 4.08. The normalized spacial score (nSPS) is 41.6. The minimum Gasteiger partial charge on any atom is -0.308 e. The zero-order chi connectivity index (χ0) is 13.7. The molecule has 1 aromatic rings. The molecule has 2 saturated carbocycles. The SMILES string of the molecule is CC1CC1N1CC(C)(C2CC2)NCC1c1ccccc1. The van der Waals surface area contributed by atoms with Gasteiger partial charge in [0.2, 0.25) is 0 Å². The summed E-state index contributed by atoms with van der Waals surface area (Å²) in [6.07, 6.45) is 4.24. The lowest BCUT2D eigenvalue weighted by atomic mass is 9.89. The highest BCUT2D eigenvalue weighted by Crippen LogP contribution is 2.47. The molecule has 4 unspecified atom stereocenters. The third kappa shape index (κ3) is 2.19. The Bertz CT molecular complexity index is 481. The van der Waals surface area contributed by atoms with E-state index in [2.05, 4.69) is 54.4 Å². The van der Waals surface area contributed by atoms with E-state index in [-0.39, 0.29) is 0 Å². The highest BCUT2D eigenvalue weighted by Gasteiger charge is 2.51. The first kappa shape index (κ1) is 12.8. The maximum atomic E-state index is 3.89. The number of hydrogen-bond donors (Lipinski definition) is 1. The van der Waals surface area contributed by atoms with Crippen molar-refractivity contribution < 1.29 is 0 Å². The van der Waals surface area contributed by atoms with Crippen molar-refractivity contribution in [1.82, 2.24) is 10.2 Å². The molecule has 20 heavy (non-hydrogen) atoms. The fourth-order valence-corrected chi connectivity index (χ4v) is 4.08. The van der Waals surface area contributed by atoms with Crippen molar-refractivity contribution in [3.8, 4) is 0 Å². The zero-order valence-corrected chi connectivity index (χ0v) is 12.7. The van der Waals surface area contributed by atoms with Crippen LogP contribution in [0.2, 0.25) is 0 Å². The van der Waals surface area contributed by atoms with E-state index in [1.807, 2.05) is 0 Å². The molecule has 1 aliphatic heterocycles. The van der Waals surface area contributed by atoms with E-state index in [4.69, 9.17) is 0 Å². The van der Waals surface area contributed by atoms with Crippen LogP contribution in [0.15, 0.2) is 30.3 Å². The fraction of sp³-hybridized carbons (Fsp3) is 0.667. The van der Waals surface area contributed by atoms with E-state index in [0.717, 1.165) is 24.4 Å². The largest absolute Gasteiger partial charge is 0.308 e. The molecule has 108 valence electrons. The van der Waals surface area contributed by atoms with Crippen molar-refractivity contribution in [2.24, 2.45) is 11.8 Å². The van der Waals surface area contributed by atoms with Gasteiger partial charge >= 0.3 is 0 Å². The van der Waals surface area contributed by atoms with Gasteiger partial charge in [-0.25, -0.2) is 0 Å². The van der Waals surface area contributed by atoms with Gasteiger partial charge in [0.25, 0.3) is 0 Å². The minimum absolute atomic E-state index is 0.355. The van der Waals surface area contributed by atoms with Crippen molar-refractivity contribution in [3.05, 3.63) is 35.9 Å². The van der Waals surface area contributed by atoms with Gasteiger partial charge in [-0.1, -0.05) is 37.3 Å². The number of nitrogens with one attached hydrogen (secondary N) is 1. The van der Waals surface area contributed by atoms with Crippen LogP contribution < -0.4 is 5.32 Å². The molecule has 3 fully saturated rings. The molecule has 1 saturated heterocycles. The Labute approximate surface area is 122 Å². The number of rotatable bonds is 3. The average Bonchev–Trinajstić information content (AvgIpc) is 3.34. The molecule has 0 radical (unpaired) electrons. The summed E-state index contributed by atoms with van der Waals surface area (Å²) in [5.41, 5.74) is 1.84. The topological polar surface area (TPSA) is 15.3 Å². The lowest BCUT2D eigenvalue weighted by Crippen LogP contribution is -2.61. The van der Waals surface area contributed by atoms with Crippen LogP contribution in [0, 0.1) is 11.8 Å². The number of hydrogen-bond acceptors (Lipinski definition) is 2. The first-order valence-corrected chi connectivity index (χ1v) is 8.23. The van der Waals surface area contributed by atoms with Crippen LogP contribution in [0.1, 0.15) is 44.7 Å². The Kier molecular flexibility index (Phi) is 2.94. The third-order valence-electron chi connectivity index (χ3n) is 5.77. The van der Waals surface area contributed by atoms with Gasteiger partial charge in [0.1, 0.15) is 0 Å². The van der Waals surface area contributed by atoms with Crippen LogP contribution >= 0.6 is 0 Å². The molecule has 0 aromatic heterocycles. The molecule has 0 amide bonds. The summed E-state index contributed by atoms with van der Waals surface area (Å²) < 4.78 is 0. The molecule has 0 spiro atoms. The lowest BCUT2D eigenvalue weighted by molar-refractivity contribution is 0.0640. The molecule has 4 rings (SSSR count). The Morgan fingerprint density at radius 3 is 2.50 bits per heavy atom. The van der Waals surface area contributed by atoms with Crippen LogP contribution in [0.25, 0.3) is 0 Å². The van der Waals surface area contributed by atoms with Crippen molar-refractivity contribution in [1.29, 1.82) is 0 Å². The Morgan fingerprint density at radius 2 is 1.90 bits per heavy atom. The first-order valence-electron chi connectivity index (χ1n) is 8.23. The summed E-state index contributed by atoms with van der Waals surface area (Å²) in [5.74, 6) is 1.80. The van der Waals surface area contributed by atoms with Gasteiger partial charge in [-0.2, -0.15) is 0 Å². The summed E-state index contributed by atoms with van der Waals surface area (Å²) in [5, 5.41) is 3.89.